The molecule has 1 aromatic carbocycles. The van der Waals surface area contributed by atoms with Crippen LogP contribution in [-0.2, 0) is 22.0 Å². The molecule has 0 radical (unpaired) electrons. The number of ketones is 1. The largest absolute Gasteiger partial charge is 0.355 e. The number of nitrogens with zero attached hydrogens (tertiary/aromatic N) is 2. The molecule has 33 heavy (non-hydrogen) atoms. The first-order chi connectivity index (χ1) is 15.9. The van der Waals surface area contributed by atoms with Crippen molar-refractivity contribution in [3.05, 3.63) is 59.9 Å². The molecular weight excluding hydrogens is 442 g/mol. The second kappa shape index (κ2) is 8.13. The molecule has 3 heterocycles. The number of H-pyrrole nitrogens is 1. The number of Topliss-reactive ketones (excluding diaryl/α,β-unsaturated/α-hetero) is 1. The lowest BCUT2D eigenvalue weighted by Gasteiger charge is -2.30. The van der Waals surface area contributed by atoms with Crippen LogP contribution in [0.25, 0.3) is 11.3 Å². The number of hydrogen-bond donors (Lipinski definition) is 4. The van der Waals surface area contributed by atoms with E-state index in [1.165, 1.54) is 6.92 Å². The molecular formula is C23H23N5O4S. The summed E-state index contributed by atoms with van der Waals surface area (Å²) in [4.78, 5) is 33.2. The second-order valence-electron chi connectivity index (χ2n) is 8.35. The smallest absolute Gasteiger partial charge is 0.222 e. The van der Waals surface area contributed by atoms with Gasteiger partial charge in [0.05, 0.1) is 23.5 Å². The molecule has 0 saturated heterocycles. The number of thiol groups is 1. The summed E-state index contributed by atoms with van der Waals surface area (Å²) < 4.78 is 23.8. The lowest BCUT2D eigenvalue weighted by atomic mass is 10.0. The molecule has 0 spiro atoms. The Morgan fingerprint density at radius 2 is 1.91 bits per heavy atom. The van der Waals surface area contributed by atoms with Gasteiger partial charge in [0.1, 0.15) is 10.7 Å². The first-order valence-electron chi connectivity index (χ1n) is 10.6. The summed E-state index contributed by atoms with van der Waals surface area (Å²) in [6.07, 6.45) is 2.67. The van der Waals surface area contributed by atoms with Crippen LogP contribution in [0, 0.1) is 0 Å². The van der Waals surface area contributed by atoms with Crippen LogP contribution in [0.2, 0.25) is 0 Å². The number of hydrogen-bond acceptors (Lipinski definition) is 7. The van der Waals surface area contributed by atoms with Gasteiger partial charge in [-0.2, -0.15) is 0 Å². The number of aromatic nitrogens is 2. The van der Waals surface area contributed by atoms with E-state index < -0.39 is 15.6 Å². The molecule has 3 N–H and O–H groups in total. The molecule has 0 unspecified atom stereocenters. The summed E-state index contributed by atoms with van der Waals surface area (Å²) in [6, 6.07) is 13.0. The number of nitrogens with one attached hydrogen (secondary N) is 3. The van der Waals surface area contributed by atoms with Crippen LogP contribution in [0.3, 0.4) is 0 Å². The molecule has 3 aromatic rings. The van der Waals surface area contributed by atoms with Crippen molar-refractivity contribution in [1.29, 1.82) is 0 Å². The average Bonchev–Trinajstić information content (AvgIpc) is 3.52. The fraction of sp³-hybridized carbons (Fsp3) is 0.261. The lowest BCUT2D eigenvalue weighted by Crippen LogP contribution is -2.44. The molecule has 2 aliphatic rings. The molecule has 1 saturated carbocycles. The minimum atomic E-state index is -2.67. The van der Waals surface area contributed by atoms with Gasteiger partial charge in [-0.15, -0.1) is 0 Å². The maximum atomic E-state index is 13.3. The molecule has 0 atom stereocenters. The summed E-state index contributed by atoms with van der Waals surface area (Å²) in [5.41, 5.74) is 4.03. The number of benzene rings is 1. The Bertz CT molecular complexity index is 1320. The lowest BCUT2D eigenvalue weighted by molar-refractivity contribution is -0.114. The van der Waals surface area contributed by atoms with Crippen molar-refractivity contribution in [3.8, 4) is 11.3 Å². The molecule has 5 rings (SSSR count). The van der Waals surface area contributed by atoms with Gasteiger partial charge in [-0.1, -0.05) is 18.2 Å². The van der Waals surface area contributed by atoms with Gasteiger partial charge in [-0.05, 0) is 37.1 Å². The van der Waals surface area contributed by atoms with Crippen molar-refractivity contribution in [3.63, 3.8) is 0 Å². The summed E-state index contributed by atoms with van der Waals surface area (Å²) >= 11 is 0. The van der Waals surface area contributed by atoms with Crippen LogP contribution in [0.1, 0.15) is 35.8 Å². The van der Waals surface area contributed by atoms with Crippen LogP contribution in [0.15, 0.2) is 48.7 Å². The fourth-order valence-electron chi connectivity index (χ4n) is 4.34. The van der Waals surface area contributed by atoms with Crippen molar-refractivity contribution in [2.75, 3.05) is 17.2 Å². The number of amides is 1. The minimum Gasteiger partial charge on any atom is -0.355 e. The molecule has 9 nitrogen and oxygen atoms in total. The first kappa shape index (κ1) is 21.4. The zero-order chi connectivity index (χ0) is 23.2. The Morgan fingerprint density at radius 1 is 1.15 bits per heavy atom. The predicted molar refractivity (Wildman–Crippen MR) is 125 cm³/mol. The van der Waals surface area contributed by atoms with Gasteiger partial charge >= 0.3 is 0 Å². The molecule has 1 aliphatic carbocycles. The fourth-order valence-corrected chi connectivity index (χ4v) is 5.19. The Balaban J connectivity index is 1.61. The van der Waals surface area contributed by atoms with Crippen molar-refractivity contribution in [1.82, 2.24) is 14.9 Å². The number of anilines is 3. The van der Waals surface area contributed by atoms with Gasteiger partial charge in [0, 0.05) is 36.6 Å². The van der Waals surface area contributed by atoms with E-state index >= 15 is 0 Å². The Labute approximate surface area is 192 Å². The van der Waals surface area contributed by atoms with Crippen LogP contribution in [0.4, 0.5) is 17.2 Å². The topological polar surface area (TPSA) is 124 Å². The molecule has 0 bridgehead atoms. The summed E-state index contributed by atoms with van der Waals surface area (Å²) in [5, 5.41) is 6.04. The second-order valence-corrected chi connectivity index (χ2v) is 9.70. The van der Waals surface area contributed by atoms with Crippen molar-refractivity contribution in [2.24, 2.45) is 0 Å². The molecule has 2 aromatic heterocycles. The number of aromatic amines is 1. The van der Waals surface area contributed by atoms with Crippen LogP contribution < -0.4 is 10.6 Å². The number of carbonyl (C=O) groups is 2. The number of pyridine rings is 1. The zero-order valence-electron chi connectivity index (χ0n) is 17.9. The average molecular weight is 466 g/mol. The van der Waals surface area contributed by atoms with E-state index in [0.717, 1.165) is 11.3 Å². The van der Waals surface area contributed by atoms with Gasteiger partial charge in [-0.25, -0.2) is 13.4 Å². The Hall–Kier alpha value is -3.50. The Morgan fingerprint density at radius 3 is 2.58 bits per heavy atom. The van der Waals surface area contributed by atoms with E-state index in [-0.39, 0.29) is 18.2 Å². The first-order valence-corrected chi connectivity index (χ1v) is 11.8. The van der Waals surface area contributed by atoms with Gasteiger partial charge in [0.25, 0.3) is 0 Å². The maximum Gasteiger partial charge on any atom is 0.222 e. The molecule has 170 valence electrons. The monoisotopic (exact) mass is 465 g/mol. The zero-order valence-corrected chi connectivity index (χ0v) is 18.8. The summed E-state index contributed by atoms with van der Waals surface area (Å²) in [6.45, 7) is 1.79. The third-order valence-electron chi connectivity index (χ3n) is 6.06. The Kier molecular flexibility index (Phi) is 5.26. The predicted octanol–water partition coefficient (Wildman–Crippen LogP) is 2.88. The third kappa shape index (κ3) is 3.91. The number of fused-ring (bicyclic) bond motifs is 1. The molecule has 1 aliphatic heterocycles. The van der Waals surface area contributed by atoms with E-state index in [2.05, 4.69) is 20.6 Å². The highest BCUT2D eigenvalue weighted by molar-refractivity contribution is 7.74. The van der Waals surface area contributed by atoms with Gasteiger partial charge in [-0.3, -0.25) is 14.5 Å². The molecule has 10 heteroatoms. The third-order valence-corrected chi connectivity index (χ3v) is 7.47. The summed E-state index contributed by atoms with van der Waals surface area (Å²) in [7, 11) is -2.67. The highest BCUT2D eigenvalue weighted by Gasteiger charge is 2.53. The van der Waals surface area contributed by atoms with E-state index in [0.29, 0.717) is 47.8 Å². The van der Waals surface area contributed by atoms with Gasteiger partial charge in [0.2, 0.25) is 5.91 Å². The minimum absolute atomic E-state index is 0.0462. The van der Waals surface area contributed by atoms with Gasteiger partial charge in [0.15, 0.2) is 16.5 Å². The molecule has 1 amide bonds. The standard InChI is InChI=1S/C23H23N5O4S/c1-14(29)25-19-11-15(7-10-24-19)21-22(26-16-5-3-2-4-6-16)20-17(27-21)12-28(13-18(20)30)23(8-9-23)33(31)32/h2-7,10-11,26-27,33H,8-9,12-13H2,1H3,(H,24,25,29). The van der Waals surface area contributed by atoms with E-state index in [9.17, 15) is 18.0 Å². The van der Waals surface area contributed by atoms with Crippen molar-refractivity contribution >= 4 is 39.6 Å². The maximum absolute atomic E-state index is 13.3. The SMILES string of the molecule is CC(=O)Nc1cc(-c2[nH]c3c(c2Nc2ccccc2)C(=O)CN(C2([SH](=O)=O)CC2)C3)ccn1. The van der Waals surface area contributed by atoms with Crippen LogP contribution in [0.5, 0.6) is 0 Å². The number of para-hydroxylation sites is 1. The number of rotatable bonds is 6. The normalized spacial score (nSPS) is 17.0. The van der Waals surface area contributed by atoms with Crippen LogP contribution in [-0.4, -0.2) is 46.4 Å². The molecule has 1 fully saturated rings. The van der Waals surface area contributed by atoms with Crippen molar-refractivity contribution < 1.29 is 18.0 Å². The van der Waals surface area contributed by atoms with E-state index in [1.54, 1.807) is 23.2 Å². The van der Waals surface area contributed by atoms with Crippen molar-refractivity contribution in [2.45, 2.75) is 31.2 Å². The highest BCUT2D eigenvalue weighted by Crippen LogP contribution is 2.46. The quantitative estimate of drug-likeness (QED) is 0.413. The number of carbonyl (C=O) groups excluding carboxylic acids is 2. The summed E-state index contributed by atoms with van der Waals surface area (Å²) in [5.74, 6) is 0.0169. The van der Waals surface area contributed by atoms with E-state index in [4.69, 9.17) is 0 Å². The highest BCUT2D eigenvalue weighted by atomic mass is 32.2. The van der Waals surface area contributed by atoms with Gasteiger partial charge < -0.3 is 15.6 Å². The van der Waals surface area contributed by atoms with E-state index in [1.807, 2.05) is 30.3 Å². The van der Waals surface area contributed by atoms with Crippen LogP contribution >= 0.6 is 0 Å².